The van der Waals surface area contributed by atoms with E-state index >= 15 is 0 Å². The fraction of sp³-hybridized carbons (Fsp3) is 0.917. The van der Waals surface area contributed by atoms with Crippen molar-refractivity contribution in [1.29, 1.82) is 0 Å². The van der Waals surface area contributed by atoms with Gasteiger partial charge in [0.2, 0.25) is 0 Å². The minimum absolute atomic E-state index is 0.227. The summed E-state index contributed by atoms with van der Waals surface area (Å²) in [5.74, 6) is 0.931. The van der Waals surface area contributed by atoms with Crippen LogP contribution in [0.4, 0.5) is 0 Å². The number of thioether (sulfide) groups is 1. The van der Waals surface area contributed by atoms with Crippen molar-refractivity contribution in [3.05, 3.63) is 0 Å². The van der Waals surface area contributed by atoms with Gasteiger partial charge in [-0.2, -0.15) is 11.8 Å². The maximum absolute atomic E-state index is 11.7. The fourth-order valence-electron chi connectivity index (χ4n) is 1.44. The molecule has 0 rings (SSSR count). The van der Waals surface area contributed by atoms with Gasteiger partial charge in [0.25, 0.3) is 0 Å². The monoisotopic (exact) mass is 279 g/mol. The Kier molecular flexibility index (Phi) is 9.45. The Balaban J connectivity index is 4.12. The van der Waals surface area contributed by atoms with Crippen molar-refractivity contribution in [2.45, 2.75) is 38.3 Å². The molecule has 0 fully saturated rings. The number of aliphatic hydroxyl groups is 2. The smallest absolute Gasteiger partial charge is 0.325 e. The highest BCUT2D eigenvalue weighted by atomic mass is 32.2. The number of rotatable bonds is 10. The Hall–Kier alpha value is -0.300. The molecule has 0 heterocycles. The van der Waals surface area contributed by atoms with Gasteiger partial charge in [-0.25, -0.2) is 0 Å². The molecule has 0 aliphatic rings. The summed E-state index contributed by atoms with van der Waals surface area (Å²) in [6.45, 7) is 4.40. The number of ether oxygens (including phenoxy) is 1. The molecule has 5 nitrogen and oxygen atoms in total. The summed E-state index contributed by atoms with van der Waals surface area (Å²) in [6, 6.07) is 0. The molecule has 0 aromatic carbocycles. The van der Waals surface area contributed by atoms with Crippen LogP contribution in [0, 0.1) is 0 Å². The predicted octanol–water partition coefficient (Wildman–Crippen LogP) is 0.394. The van der Waals surface area contributed by atoms with Gasteiger partial charge in [0.15, 0.2) is 0 Å². The lowest BCUT2D eigenvalue weighted by molar-refractivity contribution is -0.148. The number of nitrogens with one attached hydrogen (secondary N) is 1. The zero-order valence-electron chi connectivity index (χ0n) is 11.4. The summed E-state index contributed by atoms with van der Waals surface area (Å²) in [6.07, 6.45) is 0.883. The fourth-order valence-corrected chi connectivity index (χ4v) is 2.53. The number of carbonyl (C=O) groups is 1. The van der Waals surface area contributed by atoms with Crippen LogP contribution in [0.2, 0.25) is 0 Å². The average Bonchev–Trinajstić information content (AvgIpc) is 2.39. The van der Waals surface area contributed by atoms with Gasteiger partial charge in [0.1, 0.15) is 5.54 Å². The largest absolute Gasteiger partial charge is 0.468 e. The molecule has 0 saturated heterocycles. The maximum atomic E-state index is 11.7. The van der Waals surface area contributed by atoms with E-state index in [1.807, 2.05) is 13.8 Å². The Morgan fingerprint density at radius 2 is 2.22 bits per heavy atom. The predicted molar refractivity (Wildman–Crippen MR) is 73.7 cm³/mol. The molecule has 3 N–H and O–H groups in total. The first-order valence-electron chi connectivity index (χ1n) is 6.20. The lowest BCUT2D eigenvalue weighted by Gasteiger charge is -2.28. The van der Waals surface area contributed by atoms with E-state index in [1.165, 1.54) is 18.9 Å². The third kappa shape index (κ3) is 6.58. The second kappa shape index (κ2) is 9.61. The number of hydrogen-bond donors (Lipinski definition) is 3. The Bertz CT molecular complexity index is 240. The first-order valence-corrected chi connectivity index (χ1v) is 7.35. The summed E-state index contributed by atoms with van der Waals surface area (Å²) in [5, 5.41) is 21.1. The van der Waals surface area contributed by atoms with Gasteiger partial charge in [0, 0.05) is 5.75 Å². The second-order valence-corrected chi connectivity index (χ2v) is 5.56. The molecule has 0 aliphatic heterocycles. The van der Waals surface area contributed by atoms with E-state index in [4.69, 9.17) is 9.84 Å². The Morgan fingerprint density at radius 1 is 1.56 bits per heavy atom. The molecule has 2 atom stereocenters. The van der Waals surface area contributed by atoms with Crippen LogP contribution in [0.15, 0.2) is 0 Å². The third-order valence-corrected chi connectivity index (χ3v) is 3.78. The number of carbonyl (C=O) groups excluding carboxylic acids is 1. The van der Waals surface area contributed by atoms with Crippen LogP contribution in [0.25, 0.3) is 0 Å². The standard InChI is InChI=1S/C12H25NO4S/c1-4-6-13-12(2,11(16)17-3)5-7-18-9-10(15)8-14/h10,13-15H,4-9H2,1-3H3. The van der Waals surface area contributed by atoms with Crippen LogP contribution in [0.3, 0.4) is 0 Å². The minimum Gasteiger partial charge on any atom is -0.468 e. The highest BCUT2D eigenvalue weighted by molar-refractivity contribution is 7.99. The van der Waals surface area contributed by atoms with E-state index in [0.29, 0.717) is 12.2 Å². The SMILES string of the molecule is CCCNC(C)(CCSCC(O)CO)C(=O)OC. The van der Waals surface area contributed by atoms with Crippen LogP contribution in [0.5, 0.6) is 0 Å². The highest BCUT2D eigenvalue weighted by Crippen LogP contribution is 2.16. The molecular weight excluding hydrogens is 254 g/mol. The van der Waals surface area contributed by atoms with E-state index in [1.54, 1.807) is 0 Å². The average molecular weight is 279 g/mol. The van der Waals surface area contributed by atoms with Crippen LogP contribution >= 0.6 is 11.8 Å². The molecule has 0 amide bonds. The van der Waals surface area contributed by atoms with E-state index in [2.05, 4.69) is 5.32 Å². The molecule has 0 aromatic rings. The van der Waals surface area contributed by atoms with Gasteiger partial charge >= 0.3 is 5.97 Å². The van der Waals surface area contributed by atoms with Gasteiger partial charge in [-0.1, -0.05) is 6.92 Å². The van der Waals surface area contributed by atoms with Crippen molar-refractivity contribution in [1.82, 2.24) is 5.32 Å². The lowest BCUT2D eigenvalue weighted by atomic mass is 9.99. The van der Waals surface area contributed by atoms with Crippen molar-refractivity contribution in [2.75, 3.05) is 31.8 Å². The molecular formula is C12H25NO4S. The van der Waals surface area contributed by atoms with Crippen molar-refractivity contribution >= 4 is 17.7 Å². The zero-order chi connectivity index (χ0) is 14.0. The first kappa shape index (κ1) is 17.7. The van der Waals surface area contributed by atoms with E-state index in [9.17, 15) is 9.90 Å². The lowest BCUT2D eigenvalue weighted by Crippen LogP contribution is -2.50. The Morgan fingerprint density at radius 3 is 2.72 bits per heavy atom. The molecule has 6 heteroatoms. The molecule has 0 aromatic heterocycles. The van der Waals surface area contributed by atoms with E-state index in [-0.39, 0.29) is 12.6 Å². The van der Waals surface area contributed by atoms with E-state index < -0.39 is 11.6 Å². The van der Waals surface area contributed by atoms with Crippen LogP contribution < -0.4 is 5.32 Å². The molecule has 18 heavy (non-hydrogen) atoms. The molecule has 108 valence electrons. The number of aliphatic hydroxyl groups excluding tert-OH is 2. The second-order valence-electron chi connectivity index (χ2n) is 4.41. The summed E-state index contributed by atoms with van der Waals surface area (Å²) < 4.78 is 4.81. The van der Waals surface area contributed by atoms with Crippen molar-refractivity contribution in [3.63, 3.8) is 0 Å². The van der Waals surface area contributed by atoms with Gasteiger partial charge in [-0.15, -0.1) is 0 Å². The van der Waals surface area contributed by atoms with Gasteiger partial charge in [-0.3, -0.25) is 4.79 Å². The molecule has 0 aliphatic carbocycles. The van der Waals surface area contributed by atoms with Crippen molar-refractivity contribution in [3.8, 4) is 0 Å². The third-order valence-electron chi connectivity index (χ3n) is 2.67. The zero-order valence-corrected chi connectivity index (χ0v) is 12.3. The summed E-state index contributed by atoms with van der Waals surface area (Å²) >= 11 is 1.52. The minimum atomic E-state index is -0.692. The maximum Gasteiger partial charge on any atom is 0.325 e. The molecule has 0 saturated carbocycles. The van der Waals surface area contributed by atoms with Crippen LogP contribution in [-0.4, -0.2) is 59.6 Å². The Labute approximate surface area is 113 Å². The van der Waals surface area contributed by atoms with Crippen molar-refractivity contribution < 1.29 is 19.7 Å². The normalized spacial score (nSPS) is 16.1. The van der Waals surface area contributed by atoms with Gasteiger partial charge in [0.05, 0.1) is 19.8 Å². The van der Waals surface area contributed by atoms with E-state index in [0.717, 1.165) is 18.7 Å². The number of methoxy groups -OCH3 is 1. The van der Waals surface area contributed by atoms with Crippen LogP contribution in [0.1, 0.15) is 26.7 Å². The van der Waals surface area contributed by atoms with Gasteiger partial charge < -0.3 is 20.3 Å². The van der Waals surface area contributed by atoms with Gasteiger partial charge in [-0.05, 0) is 32.1 Å². The summed E-state index contributed by atoms with van der Waals surface area (Å²) in [4.78, 5) is 11.7. The molecule has 0 bridgehead atoms. The quantitative estimate of drug-likeness (QED) is 0.397. The summed E-state index contributed by atoms with van der Waals surface area (Å²) in [7, 11) is 1.39. The molecule has 0 radical (unpaired) electrons. The van der Waals surface area contributed by atoms with Crippen LogP contribution in [-0.2, 0) is 9.53 Å². The molecule has 0 spiro atoms. The topological polar surface area (TPSA) is 78.8 Å². The number of esters is 1. The molecule has 2 unspecified atom stereocenters. The summed E-state index contributed by atoms with van der Waals surface area (Å²) in [5.41, 5.74) is -0.679. The first-order chi connectivity index (χ1) is 8.50. The van der Waals surface area contributed by atoms with Crippen molar-refractivity contribution in [2.24, 2.45) is 0 Å². The highest BCUT2D eigenvalue weighted by Gasteiger charge is 2.32. The number of hydrogen-bond acceptors (Lipinski definition) is 6.